The summed E-state index contributed by atoms with van der Waals surface area (Å²) in [6.07, 6.45) is 8.87. The summed E-state index contributed by atoms with van der Waals surface area (Å²) in [5.41, 5.74) is 4.61. The van der Waals surface area contributed by atoms with Crippen molar-refractivity contribution >= 4 is 0 Å². The Hall–Kier alpha value is -0.420. The Labute approximate surface area is 111 Å². The molecule has 2 aliphatic rings. The van der Waals surface area contributed by atoms with E-state index in [1.165, 1.54) is 37.7 Å². The summed E-state index contributed by atoms with van der Waals surface area (Å²) in [5, 5.41) is 0. The Bertz CT molecular complexity index is 290. The van der Waals surface area contributed by atoms with Crippen molar-refractivity contribution in [2.75, 3.05) is 33.7 Å². The van der Waals surface area contributed by atoms with Crippen molar-refractivity contribution in [3.05, 3.63) is 11.6 Å². The lowest BCUT2D eigenvalue weighted by Gasteiger charge is -2.42. The van der Waals surface area contributed by atoms with Crippen LogP contribution in [0.15, 0.2) is 11.6 Å². The van der Waals surface area contributed by atoms with E-state index in [0.29, 0.717) is 12.1 Å². The van der Waals surface area contributed by atoms with Gasteiger partial charge < -0.3 is 4.90 Å². The molecule has 2 atom stereocenters. The molecular formula is C14H28N4. The quantitative estimate of drug-likeness (QED) is 0.446. The van der Waals surface area contributed by atoms with Crippen LogP contribution in [0.3, 0.4) is 0 Å². The van der Waals surface area contributed by atoms with Gasteiger partial charge in [0.05, 0.1) is 6.04 Å². The van der Waals surface area contributed by atoms with Gasteiger partial charge >= 0.3 is 0 Å². The van der Waals surface area contributed by atoms with Crippen molar-refractivity contribution in [2.24, 2.45) is 5.84 Å². The summed E-state index contributed by atoms with van der Waals surface area (Å²) in [6, 6.07) is 0.814. The molecule has 1 saturated heterocycles. The Balaban J connectivity index is 2.08. The zero-order valence-electron chi connectivity index (χ0n) is 11.9. The standard InChI is InChI=1S/C14H28N4/c1-17-9-10-18(2)13(11-17)14(16-15)12-7-5-3-4-6-8-12/h7,13-14,16H,3-6,8-11,15H2,1-2H3. The maximum Gasteiger partial charge on any atom is 0.0587 e. The van der Waals surface area contributed by atoms with E-state index >= 15 is 0 Å². The van der Waals surface area contributed by atoms with E-state index in [1.54, 1.807) is 0 Å². The number of nitrogens with zero attached hydrogens (tertiary/aromatic N) is 2. The topological polar surface area (TPSA) is 44.5 Å². The molecule has 1 aliphatic carbocycles. The molecule has 1 heterocycles. The van der Waals surface area contributed by atoms with E-state index < -0.39 is 0 Å². The lowest BCUT2D eigenvalue weighted by atomic mass is 9.93. The first-order chi connectivity index (χ1) is 8.72. The number of nitrogens with one attached hydrogen (secondary N) is 1. The third-order valence-corrected chi connectivity index (χ3v) is 4.44. The first-order valence-electron chi connectivity index (χ1n) is 7.26. The number of hydrogen-bond donors (Lipinski definition) is 2. The molecule has 0 aromatic carbocycles. The van der Waals surface area contributed by atoms with E-state index in [2.05, 4.69) is 35.4 Å². The molecule has 4 heteroatoms. The number of piperazine rings is 1. The maximum atomic E-state index is 5.86. The lowest BCUT2D eigenvalue weighted by molar-refractivity contribution is 0.0952. The van der Waals surface area contributed by atoms with Gasteiger partial charge in [0, 0.05) is 25.7 Å². The summed E-state index contributed by atoms with van der Waals surface area (Å²) in [4.78, 5) is 4.86. The molecule has 104 valence electrons. The van der Waals surface area contributed by atoms with Crippen LogP contribution in [0, 0.1) is 0 Å². The summed E-state index contributed by atoms with van der Waals surface area (Å²) in [6.45, 7) is 3.39. The number of rotatable bonds is 3. The van der Waals surface area contributed by atoms with E-state index in [1.807, 2.05) is 0 Å². The van der Waals surface area contributed by atoms with Crippen LogP contribution in [-0.4, -0.2) is 55.6 Å². The minimum atomic E-state index is 0.316. The number of nitrogens with two attached hydrogens (primary N) is 1. The zero-order valence-corrected chi connectivity index (χ0v) is 11.9. The Morgan fingerprint density at radius 3 is 2.89 bits per heavy atom. The van der Waals surface area contributed by atoms with E-state index in [9.17, 15) is 0 Å². The largest absolute Gasteiger partial charge is 0.303 e. The Morgan fingerprint density at radius 2 is 2.11 bits per heavy atom. The van der Waals surface area contributed by atoms with Gasteiger partial charge in [-0.3, -0.25) is 16.2 Å². The molecule has 0 bridgehead atoms. The van der Waals surface area contributed by atoms with Crippen LogP contribution in [0.4, 0.5) is 0 Å². The van der Waals surface area contributed by atoms with Crippen molar-refractivity contribution in [2.45, 2.75) is 44.2 Å². The second kappa shape index (κ2) is 6.66. The van der Waals surface area contributed by atoms with Crippen LogP contribution in [0.2, 0.25) is 0 Å². The van der Waals surface area contributed by atoms with Crippen molar-refractivity contribution in [3.8, 4) is 0 Å². The molecule has 0 aromatic rings. The molecule has 0 spiro atoms. The van der Waals surface area contributed by atoms with Gasteiger partial charge in [0.1, 0.15) is 0 Å². The van der Waals surface area contributed by atoms with Crippen molar-refractivity contribution in [1.29, 1.82) is 0 Å². The highest BCUT2D eigenvalue weighted by molar-refractivity contribution is 5.16. The molecular weight excluding hydrogens is 224 g/mol. The Kier molecular flexibility index (Phi) is 5.18. The lowest BCUT2D eigenvalue weighted by Crippen LogP contribution is -2.60. The second-order valence-electron chi connectivity index (χ2n) is 5.83. The predicted octanol–water partition coefficient (Wildman–Crippen LogP) is 0.955. The van der Waals surface area contributed by atoms with Gasteiger partial charge in [0.2, 0.25) is 0 Å². The average molecular weight is 252 g/mol. The SMILES string of the molecule is CN1CCN(C)C(C(NN)C2=CCCCCC2)C1. The monoisotopic (exact) mass is 252 g/mol. The fraction of sp³-hybridized carbons (Fsp3) is 0.857. The minimum Gasteiger partial charge on any atom is -0.303 e. The van der Waals surface area contributed by atoms with E-state index in [-0.39, 0.29) is 0 Å². The smallest absolute Gasteiger partial charge is 0.0587 e. The molecule has 1 aliphatic heterocycles. The molecule has 2 rings (SSSR count). The third-order valence-electron chi connectivity index (χ3n) is 4.44. The normalized spacial score (nSPS) is 29.7. The summed E-state index contributed by atoms with van der Waals surface area (Å²) >= 11 is 0. The van der Waals surface area contributed by atoms with Gasteiger partial charge in [-0.1, -0.05) is 18.1 Å². The highest BCUT2D eigenvalue weighted by Gasteiger charge is 2.31. The number of allylic oxidation sites excluding steroid dienone is 1. The zero-order chi connectivity index (χ0) is 13.0. The maximum absolute atomic E-state index is 5.86. The molecule has 0 amide bonds. The van der Waals surface area contributed by atoms with Gasteiger partial charge in [-0.15, -0.1) is 0 Å². The van der Waals surface area contributed by atoms with Crippen LogP contribution < -0.4 is 11.3 Å². The molecule has 0 aromatic heterocycles. The Morgan fingerprint density at radius 1 is 1.28 bits per heavy atom. The van der Waals surface area contributed by atoms with Crippen LogP contribution in [0.1, 0.15) is 32.1 Å². The summed E-state index contributed by atoms with van der Waals surface area (Å²) in [5.74, 6) is 5.86. The molecule has 0 saturated carbocycles. The van der Waals surface area contributed by atoms with Crippen LogP contribution in [0.5, 0.6) is 0 Å². The molecule has 0 radical (unpaired) electrons. The van der Waals surface area contributed by atoms with Crippen molar-refractivity contribution < 1.29 is 0 Å². The summed E-state index contributed by atoms with van der Waals surface area (Å²) in [7, 11) is 4.42. The molecule has 4 nitrogen and oxygen atoms in total. The molecule has 2 unspecified atom stereocenters. The fourth-order valence-corrected chi connectivity index (χ4v) is 3.19. The summed E-state index contributed by atoms with van der Waals surface area (Å²) < 4.78 is 0. The van der Waals surface area contributed by atoms with Gasteiger partial charge in [-0.2, -0.15) is 0 Å². The van der Waals surface area contributed by atoms with Crippen molar-refractivity contribution in [3.63, 3.8) is 0 Å². The third kappa shape index (κ3) is 3.32. The molecule has 18 heavy (non-hydrogen) atoms. The fourth-order valence-electron chi connectivity index (χ4n) is 3.19. The number of likely N-dealkylation sites (N-methyl/N-ethyl adjacent to an activating group) is 2. The van der Waals surface area contributed by atoms with Gasteiger partial charge in [-0.05, 0) is 39.8 Å². The average Bonchev–Trinajstić information content (AvgIpc) is 2.64. The molecule has 3 N–H and O–H groups in total. The first kappa shape index (κ1) is 14.0. The minimum absolute atomic E-state index is 0.316. The van der Waals surface area contributed by atoms with E-state index in [4.69, 9.17) is 5.84 Å². The number of hydrogen-bond acceptors (Lipinski definition) is 4. The second-order valence-corrected chi connectivity index (χ2v) is 5.83. The first-order valence-corrected chi connectivity index (χ1v) is 7.26. The van der Waals surface area contributed by atoms with Gasteiger partial charge in [-0.25, -0.2) is 0 Å². The van der Waals surface area contributed by atoms with Crippen LogP contribution >= 0.6 is 0 Å². The van der Waals surface area contributed by atoms with Gasteiger partial charge in [0.25, 0.3) is 0 Å². The highest BCUT2D eigenvalue weighted by Crippen LogP contribution is 2.24. The molecule has 1 fully saturated rings. The van der Waals surface area contributed by atoms with Crippen LogP contribution in [0.25, 0.3) is 0 Å². The van der Waals surface area contributed by atoms with Crippen molar-refractivity contribution in [1.82, 2.24) is 15.2 Å². The van der Waals surface area contributed by atoms with Gasteiger partial charge in [0.15, 0.2) is 0 Å². The van der Waals surface area contributed by atoms with Crippen LogP contribution in [-0.2, 0) is 0 Å². The highest BCUT2D eigenvalue weighted by atomic mass is 15.3. The number of hydrazine groups is 1. The van der Waals surface area contributed by atoms with E-state index in [0.717, 1.165) is 19.6 Å². The predicted molar refractivity (Wildman–Crippen MR) is 76.2 cm³/mol.